The molecule has 0 atom stereocenters. The Morgan fingerprint density at radius 3 is 2.65 bits per heavy atom. The fourth-order valence-electron chi connectivity index (χ4n) is 2.18. The van der Waals surface area contributed by atoms with Crippen molar-refractivity contribution in [3.63, 3.8) is 0 Å². The quantitative estimate of drug-likeness (QED) is 0.740. The zero-order valence-corrected chi connectivity index (χ0v) is 11.2. The number of alkyl halides is 3. The zero-order valence-electron chi connectivity index (χ0n) is 10.4. The number of fused-ring (bicyclic) bond motifs is 1. The van der Waals surface area contributed by atoms with Gasteiger partial charge in [-0.3, -0.25) is 4.68 Å². The van der Waals surface area contributed by atoms with E-state index in [0.717, 1.165) is 6.07 Å². The number of nitrogen functional groups attached to an aromatic ring is 1. The van der Waals surface area contributed by atoms with Crippen molar-refractivity contribution in [3.8, 4) is 10.6 Å². The lowest BCUT2D eigenvalue weighted by atomic mass is 10.1. The number of hydrogen-bond acceptors (Lipinski definition) is 3. The molecule has 0 spiro atoms. The maximum Gasteiger partial charge on any atom is 0.417 e. The largest absolute Gasteiger partial charge is 0.417 e. The predicted molar refractivity (Wildman–Crippen MR) is 73.4 cm³/mol. The van der Waals surface area contributed by atoms with Crippen molar-refractivity contribution in [1.82, 2.24) is 9.78 Å². The fourth-order valence-corrected chi connectivity index (χ4v) is 3.37. The normalized spacial score (nSPS) is 12.2. The van der Waals surface area contributed by atoms with Crippen LogP contribution in [0.25, 0.3) is 20.7 Å². The van der Waals surface area contributed by atoms with Gasteiger partial charge < -0.3 is 5.73 Å². The van der Waals surface area contributed by atoms with Crippen LogP contribution in [0.5, 0.6) is 0 Å². The van der Waals surface area contributed by atoms with Gasteiger partial charge in [0.1, 0.15) is 5.69 Å². The van der Waals surface area contributed by atoms with Crippen LogP contribution in [0.4, 0.5) is 18.9 Å². The van der Waals surface area contributed by atoms with Crippen LogP contribution < -0.4 is 5.73 Å². The molecule has 0 unspecified atom stereocenters. The Morgan fingerprint density at radius 1 is 1.30 bits per heavy atom. The Labute approximate surface area is 116 Å². The lowest BCUT2D eigenvalue weighted by Crippen LogP contribution is -2.04. The van der Waals surface area contributed by atoms with Gasteiger partial charge in [-0.1, -0.05) is 6.07 Å². The van der Waals surface area contributed by atoms with Crippen molar-refractivity contribution in [3.05, 3.63) is 36.0 Å². The van der Waals surface area contributed by atoms with Crippen molar-refractivity contribution < 1.29 is 13.2 Å². The van der Waals surface area contributed by atoms with E-state index >= 15 is 0 Å². The van der Waals surface area contributed by atoms with Crippen molar-refractivity contribution in [1.29, 1.82) is 0 Å². The standard InChI is InChI=1S/C13H10F3N3S/c1-19-12(9(17)6-18-19)11-5-7-8(13(14,15)16)3-2-4-10(7)20-11/h2-6H,17H2,1H3. The monoisotopic (exact) mass is 297 g/mol. The van der Waals surface area contributed by atoms with Gasteiger partial charge in [0, 0.05) is 17.1 Å². The number of thiophene rings is 1. The molecule has 7 heteroatoms. The Bertz CT molecular complexity index is 766. The number of nitrogens with zero attached hydrogens (tertiary/aromatic N) is 2. The number of aryl methyl sites for hydroxylation is 1. The summed E-state index contributed by atoms with van der Waals surface area (Å²) in [6.07, 6.45) is -2.87. The number of nitrogens with two attached hydrogens (primary N) is 1. The Kier molecular flexibility index (Phi) is 2.75. The van der Waals surface area contributed by atoms with Crippen LogP contribution in [0.3, 0.4) is 0 Å². The summed E-state index contributed by atoms with van der Waals surface area (Å²) in [6, 6.07) is 5.70. The van der Waals surface area contributed by atoms with Crippen LogP contribution in [0.1, 0.15) is 5.56 Å². The van der Waals surface area contributed by atoms with E-state index in [2.05, 4.69) is 5.10 Å². The first-order valence-electron chi connectivity index (χ1n) is 5.75. The first kappa shape index (κ1) is 13.0. The van der Waals surface area contributed by atoms with Crippen LogP contribution in [-0.2, 0) is 13.2 Å². The Balaban J connectivity index is 2.27. The topological polar surface area (TPSA) is 43.8 Å². The molecule has 20 heavy (non-hydrogen) atoms. The average molecular weight is 297 g/mol. The van der Waals surface area contributed by atoms with E-state index in [-0.39, 0.29) is 5.39 Å². The van der Waals surface area contributed by atoms with Crippen molar-refractivity contribution in [2.45, 2.75) is 6.18 Å². The van der Waals surface area contributed by atoms with Crippen LogP contribution in [0.15, 0.2) is 30.5 Å². The van der Waals surface area contributed by atoms with Gasteiger partial charge >= 0.3 is 6.18 Å². The lowest BCUT2D eigenvalue weighted by Gasteiger charge is -2.07. The molecule has 3 rings (SSSR count). The lowest BCUT2D eigenvalue weighted by molar-refractivity contribution is -0.136. The van der Waals surface area contributed by atoms with E-state index in [1.165, 1.54) is 29.7 Å². The highest BCUT2D eigenvalue weighted by molar-refractivity contribution is 7.22. The highest BCUT2D eigenvalue weighted by Crippen LogP contribution is 2.41. The molecule has 3 aromatic rings. The predicted octanol–water partition coefficient (Wildman–Crippen LogP) is 3.90. The maximum atomic E-state index is 13.0. The summed E-state index contributed by atoms with van der Waals surface area (Å²) in [5, 5.41) is 4.21. The first-order chi connectivity index (χ1) is 9.38. The van der Waals surface area contributed by atoms with E-state index in [4.69, 9.17) is 5.73 Å². The highest BCUT2D eigenvalue weighted by atomic mass is 32.1. The smallest absolute Gasteiger partial charge is 0.396 e. The van der Waals surface area contributed by atoms with Gasteiger partial charge in [0.25, 0.3) is 0 Å². The number of hydrogen-bond donors (Lipinski definition) is 1. The zero-order chi connectivity index (χ0) is 14.5. The number of benzene rings is 1. The molecule has 0 radical (unpaired) electrons. The molecule has 0 saturated heterocycles. The Morgan fingerprint density at radius 2 is 2.05 bits per heavy atom. The van der Waals surface area contributed by atoms with Crippen molar-refractivity contribution >= 4 is 27.1 Å². The fraction of sp³-hybridized carbons (Fsp3) is 0.154. The van der Waals surface area contributed by atoms with Gasteiger partial charge in [-0.05, 0) is 18.2 Å². The van der Waals surface area contributed by atoms with Crippen LogP contribution >= 0.6 is 11.3 Å². The summed E-state index contributed by atoms with van der Waals surface area (Å²) in [4.78, 5) is 0.675. The number of halogens is 3. The second kappa shape index (κ2) is 4.24. The van der Waals surface area contributed by atoms with Crippen molar-refractivity contribution in [2.75, 3.05) is 5.73 Å². The molecule has 0 fully saturated rings. The maximum absolute atomic E-state index is 13.0. The minimum atomic E-state index is -4.37. The van der Waals surface area contributed by atoms with Crippen LogP contribution in [0, 0.1) is 0 Å². The molecule has 2 aromatic heterocycles. The van der Waals surface area contributed by atoms with E-state index in [9.17, 15) is 13.2 Å². The molecule has 2 heterocycles. The van der Waals surface area contributed by atoms with Crippen LogP contribution in [0.2, 0.25) is 0 Å². The summed E-state index contributed by atoms with van der Waals surface area (Å²) in [5.74, 6) is 0. The van der Waals surface area contributed by atoms with Crippen LogP contribution in [-0.4, -0.2) is 9.78 Å². The van der Waals surface area contributed by atoms with E-state index < -0.39 is 11.7 Å². The molecule has 0 amide bonds. The number of anilines is 1. The number of aromatic nitrogens is 2. The van der Waals surface area contributed by atoms with Gasteiger partial charge in [0.15, 0.2) is 0 Å². The second-order valence-electron chi connectivity index (χ2n) is 4.40. The Hall–Kier alpha value is -2.02. The van der Waals surface area contributed by atoms with Gasteiger partial charge in [0.2, 0.25) is 0 Å². The minimum Gasteiger partial charge on any atom is -0.396 e. The highest BCUT2D eigenvalue weighted by Gasteiger charge is 2.33. The summed E-state index contributed by atoms with van der Waals surface area (Å²) >= 11 is 1.27. The van der Waals surface area contributed by atoms with E-state index in [0.29, 0.717) is 21.0 Å². The molecular formula is C13H10F3N3S. The van der Waals surface area contributed by atoms with E-state index in [1.807, 2.05) is 0 Å². The van der Waals surface area contributed by atoms with Gasteiger partial charge in [-0.2, -0.15) is 18.3 Å². The molecule has 104 valence electrons. The van der Waals surface area contributed by atoms with Gasteiger partial charge in [0.05, 0.1) is 22.3 Å². The summed E-state index contributed by atoms with van der Waals surface area (Å²) < 4.78 is 41.1. The van der Waals surface area contributed by atoms with Crippen molar-refractivity contribution in [2.24, 2.45) is 7.05 Å². The number of rotatable bonds is 1. The molecule has 3 nitrogen and oxygen atoms in total. The molecule has 0 aliphatic rings. The molecule has 1 aromatic carbocycles. The molecule has 2 N–H and O–H groups in total. The van der Waals surface area contributed by atoms with Gasteiger partial charge in [-0.25, -0.2) is 0 Å². The molecule has 0 aliphatic heterocycles. The molecule has 0 bridgehead atoms. The molecular weight excluding hydrogens is 287 g/mol. The third-order valence-corrected chi connectivity index (χ3v) is 4.17. The summed E-state index contributed by atoms with van der Waals surface area (Å²) in [6.45, 7) is 0. The molecule has 0 aliphatic carbocycles. The molecule has 0 saturated carbocycles. The third-order valence-electron chi connectivity index (χ3n) is 3.07. The SMILES string of the molecule is Cn1ncc(N)c1-c1cc2c(C(F)(F)F)cccc2s1. The van der Waals surface area contributed by atoms with Gasteiger partial charge in [-0.15, -0.1) is 11.3 Å². The second-order valence-corrected chi connectivity index (χ2v) is 5.48. The third kappa shape index (κ3) is 1.94. The van der Waals surface area contributed by atoms with E-state index in [1.54, 1.807) is 17.8 Å². The first-order valence-corrected chi connectivity index (χ1v) is 6.57. The summed E-state index contributed by atoms with van der Waals surface area (Å²) in [5.41, 5.74) is 6.28. The minimum absolute atomic E-state index is 0.195. The summed E-state index contributed by atoms with van der Waals surface area (Å²) in [7, 11) is 1.71. The average Bonchev–Trinajstić information content (AvgIpc) is 2.90.